The van der Waals surface area contributed by atoms with Gasteiger partial charge in [-0.3, -0.25) is 14.3 Å². The van der Waals surface area contributed by atoms with E-state index in [-0.39, 0.29) is 5.56 Å². The van der Waals surface area contributed by atoms with Crippen LogP contribution < -0.4 is 5.56 Å². The molecule has 0 radical (unpaired) electrons. The van der Waals surface area contributed by atoms with Gasteiger partial charge >= 0.3 is 0 Å². The molecule has 3 heterocycles. The molecular formula is C27H20N4O. The fraction of sp³-hybridized carbons (Fsp3) is 0.0370. The van der Waals surface area contributed by atoms with Gasteiger partial charge < -0.3 is 0 Å². The predicted octanol–water partition coefficient (Wildman–Crippen LogP) is 4.94. The fourth-order valence-electron chi connectivity index (χ4n) is 3.64. The van der Waals surface area contributed by atoms with Gasteiger partial charge in [-0.2, -0.15) is 0 Å². The van der Waals surface area contributed by atoms with Crippen molar-refractivity contribution in [2.24, 2.45) is 0 Å². The van der Waals surface area contributed by atoms with E-state index in [9.17, 15) is 4.79 Å². The zero-order chi connectivity index (χ0) is 21.8. The maximum Gasteiger partial charge on any atom is 0.278 e. The fourth-order valence-corrected chi connectivity index (χ4v) is 3.64. The van der Waals surface area contributed by atoms with E-state index in [2.05, 4.69) is 33.2 Å². The van der Waals surface area contributed by atoms with Crippen LogP contribution in [0.2, 0.25) is 0 Å². The second kappa shape index (κ2) is 8.78. The summed E-state index contributed by atoms with van der Waals surface area (Å²) in [6.45, 7) is 0. The quantitative estimate of drug-likeness (QED) is 0.381. The SMILES string of the molecule is O=c1c(Cc2cccnc2)nc2cccnc2n1-c1cccc(C=Cc2ccccc2)c1. The lowest BCUT2D eigenvalue weighted by molar-refractivity contribution is 0.924. The van der Waals surface area contributed by atoms with Crippen LogP contribution in [0.15, 0.2) is 102 Å². The average molecular weight is 416 g/mol. The monoisotopic (exact) mass is 416 g/mol. The first-order chi connectivity index (χ1) is 15.8. The molecule has 0 atom stereocenters. The second-order valence-corrected chi connectivity index (χ2v) is 7.42. The van der Waals surface area contributed by atoms with Gasteiger partial charge in [-0.25, -0.2) is 9.97 Å². The molecule has 0 fully saturated rings. The van der Waals surface area contributed by atoms with Gasteiger partial charge in [0.05, 0.1) is 5.69 Å². The molecule has 0 saturated heterocycles. The van der Waals surface area contributed by atoms with Crippen LogP contribution in [0.1, 0.15) is 22.4 Å². The van der Waals surface area contributed by atoms with E-state index in [4.69, 9.17) is 0 Å². The highest BCUT2D eigenvalue weighted by Crippen LogP contribution is 2.17. The van der Waals surface area contributed by atoms with E-state index in [1.807, 2.05) is 72.8 Å². The van der Waals surface area contributed by atoms with Crippen LogP contribution in [0.3, 0.4) is 0 Å². The maximum absolute atomic E-state index is 13.5. The van der Waals surface area contributed by atoms with Crippen molar-refractivity contribution in [2.45, 2.75) is 6.42 Å². The summed E-state index contributed by atoms with van der Waals surface area (Å²) < 4.78 is 1.65. The van der Waals surface area contributed by atoms with Gasteiger partial charge in [-0.05, 0) is 47.0 Å². The Hall–Kier alpha value is -4.38. The molecule has 5 aromatic rings. The Morgan fingerprint density at radius 1 is 0.812 bits per heavy atom. The predicted molar refractivity (Wildman–Crippen MR) is 128 cm³/mol. The summed E-state index contributed by atoms with van der Waals surface area (Å²) in [5.41, 5.74) is 5.30. The zero-order valence-electron chi connectivity index (χ0n) is 17.3. The van der Waals surface area contributed by atoms with Crippen molar-refractivity contribution in [1.82, 2.24) is 19.5 Å². The third kappa shape index (κ3) is 4.09. The molecule has 32 heavy (non-hydrogen) atoms. The number of pyridine rings is 2. The van der Waals surface area contributed by atoms with Crippen molar-refractivity contribution >= 4 is 23.3 Å². The van der Waals surface area contributed by atoms with Crippen molar-refractivity contribution in [3.05, 3.63) is 130 Å². The standard InChI is InChI=1S/C27H20N4O/c32-27-25(18-22-10-5-15-28-19-22)30-24-12-6-16-29-26(24)31(27)23-11-4-9-21(17-23)14-13-20-7-2-1-3-8-20/h1-17,19H,18H2. The van der Waals surface area contributed by atoms with Crippen molar-refractivity contribution < 1.29 is 0 Å². The Morgan fingerprint density at radius 2 is 1.62 bits per heavy atom. The normalized spacial score (nSPS) is 11.2. The van der Waals surface area contributed by atoms with Gasteiger partial charge in [-0.15, -0.1) is 0 Å². The van der Waals surface area contributed by atoms with E-state index in [0.29, 0.717) is 23.3 Å². The van der Waals surface area contributed by atoms with E-state index >= 15 is 0 Å². The second-order valence-electron chi connectivity index (χ2n) is 7.42. The molecule has 0 aliphatic carbocycles. The first-order valence-corrected chi connectivity index (χ1v) is 10.4. The number of aromatic nitrogens is 4. The van der Waals surface area contributed by atoms with Crippen LogP contribution in [0, 0.1) is 0 Å². The molecule has 154 valence electrons. The van der Waals surface area contributed by atoms with Crippen LogP contribution in [0.5, 0.6) is 0 Å². The third-order valence-electron chi connectivity index (χ3n) is 5.17. The molecule has 5 nitrogen and oxygen atoms in total. The number of hydrogen-bond donors (Lipinski definition) is 0. The van der Waals surface area contributed by atoms with Crippen LogP contribution >= 0.6 is 0 Å². The van der Waals surface area contributed by atoms with Crippen molar-refractivity contribution in [3.63, 3.8) is 0 Å². The summed E-state index contributed by atoms with van der Waals surface area (Å²) in [7, 11) is 0. The van der Waals surface area contributed by atoms with Crippen LogP contribution in [-0.2, 0) is 6.42 Å². The summed E-state index contributed by atoms with van der Waals surface area (Å²) in [5, 5.41) is 0. The van der Waals surface area contributed by atoms with E-state index in [1.54, 1.807) is 23.2 Å². The minimum atomic E-state index is -0.177. The highest BCUT2D eigenvalue weighted by Gasteiger charge is 2.14. The zero-order valence-corrected chi connectivity index (χ0v) is 17.3. The molecule has 0 unspecified atom stereocenters. The first-order valence-electron chi connectivity index (χ1n) is 10.4. The Bertz CT molecular complexity index is 1460. The molecule has 2 aromatic carbocycles. The number of rotatable bonds is 5. The number of benzene rings is 2. The van der Waals surface area contributed by atoms with Crippen LogP contribution in [0.25, 0.3) is 29.0 Å². The number of fused-ring (bicyclic) bond motifs is 1. The third-order valence-corrected chi connectivity index (χ3v) is 5.17. The Morgan fingerprint density at radius 3 is 2.47 bits per heavy atom. The molecular weight excluding hydrogens is 396 g/mol. The molecule has 0 spiro atoms. The van der Waals surface area contributed by atoms with Gasteiger partial charge in [0.25, 0.3) is 5.56 Å². The van der Waals surface area contributed by atoms with Crippen molar-refractivity contribution in [3.8, 4) is 5.69 Å². The van der Waals surface area contributed by atoms with Crippen LogP contribution in [-0.4, -0.2) is 19.5 Å². The van der Waals surface area contributed by atoms with Gasteiger partial charge in [0, 0.05) is 25.0 Å². The molecule has 0 N–H and O–H groups in total. The summed E-state index contributed by atoms with van der Waals surface area (Å²) in [5.74, 6) is 0. The first kappa shape index (κ1) is 19.6. The van der Waals surface area contributed by atoms with E-state index < -0.39 is 0 Å². The minimum Gasteiger partial charge on any atom is -0.267 e. The number of hydrogen-bond acceptors (Lipinski definition) is 4. The highest BCUT2D eigenvalue weighted by atomic mass is 16.1. The lowest BCUT2D eigenvalue weighted by atomic mass is 10.1. The Balaban J connectivity index is 1.61. The topological polar surface area (TPSA) is 60.7 Å². The lowest BCUT2D eigenvalue weighted by Gasteiger charge is -2.12. The summed E-state index contributed by atoms with van der Waals surface area (Å²) in [4.78, 5) is 26.7. The molecule has 3 aromatic heterocycles. The molecule has 0 aliphatic heterocycles. The largest absolute Gasteiger partial charge is 0.278 e. The Kier molecular flexibility index (Phi) is 5.37. The Labute approximate surface area is 185 Å². The lowest BCUT2D eigenvalue weighted by Crippen LogP contribution is -2.25. The van der Waals surface area contributed by atoms with Gasteiger partial charge in [0.2, 0.25) is 0 Å². The van der Waals surface area contributed by atoms with Gasteiger partial charge in [0.15, 0.2) is 5.65 Å². The molecule has 0 bridgehead atoms. The van der Waals surface area contributed by atoms with Gasteiger partial charge in [-0.1, -0.05) is 60.7 Å². The van der Waals surface area contributed by atoms with E-state index in [0.717, 1.165) is 22.4 Å². The summed E-state index contributed by atoms with van der Waals surface area (Å²) >= 11 is 0. The highest BCUT2D eigenvalue weighted by molar-refractivity contribution is 5.74. The summed E-state index contributed by atoms with van der Waals surface area (Å²) in [6.07, 6.45) is 9.66. The summed E-state index contributed by atoms with van der Waals surface area (Å²) in [6, 6.07) is 25.5. The molecule has 5 rings (SSSR count). The maximum atomic E-state index is 13.5. The smallest absolute Gasteiger partial charge is 0.267 e. The van der Waals surface area contributed by atoms with Gasteiger partial charge in [0.1, 0.15) is 11.2 Å². The molecule has 5 heteroatoms. The molecule has 0 aliphatic rings. The van der Waals surface area contributed by atoms with Crippen LogP contribution in [0.4, 0.5) is 0 Å². The number of nitrogens with zero attached hydrogens (tertiary/aromatic N) is 4. The van der Waals surface area contributed by atoms with Crippen molar-refractivity contribution in [2.75, 3.05) is 0 Å². The molecule has 0 saturated carbocycles. The average Bonchev–Trinajstić information content (AvgIpc) is 2.85. The molecule has 0 amide bonds. The minimum absolute atomic E-state index is 0.177. The van der Waals surface area contributed by atoms with E-state index in [1.165, 1.54) is 0 Å². The van der Waals surface area contributed by atoms with Crippen molar-refractivity contribution in [1.29, 1.82) is 0 Å².